The molecule has 0 amide bonds. The van der Waals surface area contributed by atoms with E-state index in [4.69, 9.17) is 23.4 Å². The highest BCUT2D eigenvalue weighted by atomic mass is 28.4. The fraction of sp³-hybridized carbons (Fsp3) is 0.872. The SMILES string of the molecule is CC(=C=C1C[C@H]2CC(OC3CCCCO3)C(/C=C/[C@@H](O[C@@H]3CCCCO3)C3CCCC3)[C@H]2C1)CCCCO[Si](C)(C)C(C)(C)C. The van der Waals surface area contributed by atoms with E-state index in [2.05, 4.69) is 58.7 Å². The molecule has 0 N–H and O–H groups in total. The van der Waals surface area contributed by atoms with Gasteiger partial charge in [0.05, 0.1) is 12.2 Å². The third kappa shape index (κ3) is 10.1. The van der Waals surface area contributed by atoms with Crippen molar-refractivity contribution in [3.05, 3.63) is 29.0 Å². The molecular weight excluding hydrogens is 577 g/mol. The Morgan fingerprint density at radius 1 is 0.933 bits per heavy atom. The summed E-state index contributed by atoms with van der Waals surface area (Å²) in [4.78, 5) is 0. The first-order chi connectivity index (χ1) is 21.6. The number of fused-ring (bicyclic) bond motifs is 1. The van der Waals surface area contributed by atoms with Crippen molar-refractivity contribution in [3.63, 3.8) is 0 Å². The van der Waals surface area contributed by atoms with E-state index in [1.54, 1.807) is 0 Å². The Balaban J connectivity index is 1.22. The van der Waals surface area contributed by atoms with Crippen LogP contribution in [0.1, 0.15) is 130 Å². The van der Waals surface area contributed by atoms with Gasteiger partial charge < -0.3 is 23.4 Å². The van der Waals surface area contributed by atoms with Crippen LogP contribution in [0.15, 0.2) is 29.0 Å². The van der Waals surface area contributed by atoms with E-state index >= 15 is 0 Å². The molecule has 0 aromatic rings. The number of allylic oxidation sites excluding steroid dienone is 1. The molecule has 0 aromatic heterocycles. The van der Waals surface area contributed by atoms with Gasteiger partial charge in [0.1, 0.15) is 0 Å². The quantitative estimate of drug-likeness (QED) is 0.0866. The number of ether oxygens (including phenoxy) is 4. The zero-order valence-corrected chi connectivity index (χ0v) is 30.7. The Morgan fingerprint density at radius 3 is 2.29 bits per heavy atom. The Kier molecular flexibility index (Phi) is 13.1. The van der Waals surface area contributed by atoms with Crippen molar-refractivity contribution in [2.24, 2.45) is 23.7 Å². The first kappa shape index (κ1) is 35.6. The topological polar surface area (TPSA) is 46.2 Å². The third-order valence-electron chi connectivity index (χ3n) is 12.0. The van der Waals surface area contributed by atoms with E-state index in [0.29, 0.717) is 23.7 Å². The maximum absolute atomic E-state index is 6.76. The Bertz CT molecular complexity index is 1000. The second kappa shape index (κ2) is 16.6. The van der Waals surface area contributed by atoms with Gasteiger partial charge in [-0.1, -0.05) is 45.8 Å². The summed E-state index contributed by atoms with van der Waals surface area (Å²) in [5.74, 6) is 2.32. The minimum absolute atomic E-state index is 0.0335. The summed E-state index contributed by atoms with van der Waals surface area (Å²) in [5, 5.41) is 0.280. The predicted octanol–water partition coefficient (Wildman–Crippen LogP) is 10.3. The normalized spacial score (nSPS) is 32.3. The van der Waals surface area contributed by atoms with Gasteiger partial charge in [-0.3, -0.25) is 0 Å². The Morgan fingerprint density at radius 2 is 1.62 bits per heavy atom. The number of hydrogen-bond donors (Lipinski definition) is 0. The minimum atomic E-state index is -1.65. The van der Waals surface area contributed by atoms with Crippen molar-refractivity contribution < 1.29 is 23.4 Å². The molecule has 0 spiro atoms. The molecule has 3 unspecified atom stereocenters. The van der Waals surface area contributed by atoms with Crippen LogP contribution in [0.2, 0.25) is 18.1 Å². The van der Waals surface area contributed by atoms with Gasteiger partial charge in [0.2, 0.25) is 0 Å². The maximum Gasteiger partial charge on any atom is 0.191 e. The van der Waals surface area contributed by atoms with E-state index in [1.165, 1.54) is 62.5 Å². The molecule has 0 bridgehead atoms. The monoisotopic (exact) mass is 642 g/mol. The van der Waals surface area contributed by atoms with Crippen LogP contribution < -0.4 is 0 Å². The molecule has 3 saturated carbocycles. The number of hydrogen-bond acceptors (Lipinski definition) is 5. The minimum Gasteiger partial charge on any atom is -0.417 e. The summed E-state index contributed by atoms with van der Waals surface area (Å²) >= 11 is 0. The molecule has 5 rings (SSSR count). The molecule has 2 heterocycles. The standard InChI is InChI=1S/C39H66O5Si/c1-29(15-9-14-24-42-45(5,6)39(2,3)4)25-30-26-32-28-36(44-38-19-11-13-23-41-38)33(34(32)27-30)20-21-35(31-16-7-8-17-31)43-37-18-10-12-22-40-37/h20-21,31-38H,7-19,22-24,26-28H2,1-6H3/b21-20+/t25?,32-,33?,34-,35+,36?,37+,38?/m0/s1. The van der Waals surface area contributed by atoms with E-state index in [-0.39, 0.29) is 29.8 Å². The van der Waals surface area contributed by atoms with Gasteiger partial charge in [-0.2, -0.15) is 0 Å². The molecular formula is C39H66O5Si. The summed E-state index contributed by atoms with van der Waals surface area (Å²) in [5.41, 5.74) is 6.83. The lowest BCUT2D eigenvalue weighted by Crippen LogP contribution is -2.40. The molecule has 45 heavy (non-hydrogen) atoms. The van der Waals surface area contributed by atoms with Gasteiger partial charge in [0.15, 0.2) is 20.9 Å². The Hall–Kier alpha value is -0.723. The van der Waals surface area contributed by atoms with E-state index in [0.717, 1.165) is 71.2 Å². The summed E-state index contributed by atoms with van der Waals surface area (Å²) in [7, 11) is -1.65. The molecule has 6 heteroatoms. The molecule has 5 fully saturated rings. The first-order valence-corrected chi connectivity index (χ1v) is 21.8. The van der Waals surface area contributed by atoms with Crippen LogP contribution in [-0.4, -0.2) is 52.9 Å². The van der Waals surface area contributed by atoms with Crippen molar-refractivity contribution in [2.45, 2.75) is 173 Å². The van der Waals surface area contributed by atoms with Crippen LogP contribution in [0.4, 0.5) is 0 Å². The molecule has 5 nitrogen and oxygen atoms in total. The van der Waals surface area contributed by atoms with Gasteiger partial charge in [0.25, 0.3) is 0 Å². The van der Waals surface area contributed by atoms with Crippen LogP contribution in [-0.2, 0) is 23.4 Å². The highest BCUT2D eigenvalue weighted by Crippen LogP contribution is 2.52. The molecule has 2 saturated heterocycles. The molecule has 0 radical (unpaired) electrons. The summed E-state index contributed by atoms with van der Waals surface area (Å²) in [6.07, 6.45) is 24.2. The van der Waals surface area contributed by atoms with Crippen LogP contribution in [0.3, 0.4) is 0 Å². The predicted molar refractivity (Wildman–Crippen MR) is 186 cm³/mol. The van der Waals surface area contributed by atoms with Gasteiger partial charge in [-0.15, -0.1) is 5.73 Å². The highest BCUT2D eigenvalue weighted by Gasteiger charge is 2.47. The fourth-order valence-corrected chi connectivity index (χ4v) is 9.29. The average molecular weight is 643 g/mol. The van der Waals surface area contributed by atoms with E-state index in [9.17, 15) is 0 Å². The zero-order valence-electron chi connectivity index (χ0n) is 29.7. The van der Waals surface area contributed by atoms with Crippen LogP contribution in [0.5, 0.6) is 0 Å². The molecule has 7 atom stereocenters. The summed E-state index contributed by atoms with van der Waals surface area (Å²) in [6, 6.07) is 0. The third-order valence-corrected chi connectivity index (χ3v) is 16.5. The molecule has 5 aliphatic rings. The molecule has 2 aliphatic heterocycles. The zero-order chi connectivity index (χ0) is 31.9. The molecule has 256 valence electrons. The van der Waals surface area contributed by atoms with Gasteiger partial charge in [-0.05, 0) is 144 Å². The van der Waals surface area contributed by atoms with Crippen molar-refractivity contribution in [3.8, 4) is 0 Å². The van der Waals surface area contributed by atoms with E-state index in [1.807, 2.05) is 0 Å². The van der Waals surface area contributed by atoms with Crippen LogP contribution in [0.25, 0.3) is 0 Å². The lowest BCUT2D eigenvalue weighted by molar-refractivity contribution is -0.193. The molecule has 0 aromatic carbocycles. The van der Waals surface area contributed by atoms with Gasteiger partial charge >= 0.3 is 0 Å². The van der Waals surface area contributed by atoms with Crippen LogP contribution >= 0.6 is 0 Å². The average Bonchev–Trinajstić information content (AvgIpc) is 3.73. The van der Waals surface area contributed by atoms with Crippen molar-refractivity contribution in [1.29, 1.82) is 0 Å². The summed E-state index contributed by atoms with van der Waals surface area (Å²) < 4.78 is 32.0. The number of rotatable bonds is 13. The van der Waals surface area contributed by atoms with Crippen LogP contribution in [0, 0.1) is 23.7 Å². The van der Waals surface area contributed by atoms with Gasteiger partial charge in [0, 0.05) is 25.7 Å². The molecule has 3 aliphatic carbocycles. The number of unbranched alkanes of at least 4 members (excludes halogenated alkanes) is 1. The first-order valence-electron chi connectivity index (χ1n) is 18.9. The smallest absolute Gasteiger partial charge is 0.191 e. The van der Waals surface area contributed by atoms with Crippen molar-refractivity contribution in [1.82, 2.24) is 0 Å². The second-order valence-corrected chi connectivity index (χ2v) is 21.3. The lowest BCUT2D eigenvalue weighted by Gasteiger charge is -2.36. The summed E-state index contributed by atoms with van der Waals surface area (Å²) in [6.45, 7) is 16.5. The fourth-order valence-electron chi connectivity index (χ4n) is 8.20. The second-order valence-electron chi connectivity index (χ2n) is 16.5. The van der Waals surface area contributed by atoms with Crippen molar-refractivity contribution in [2.75, 3.05) is 19.8 Å². The van der Waals surface area contributed by atoms with Gasteiger partial charge in [-0.25, -0.2) is 0 Å². The van der Waals surface area contributed by atoms with Crippen molar-refractivity contribution >= 4 is 8.32 Å². The lowest BCUT2D eigenvalue weighted by atomic mass is 9.89. The Labute approximate surface area is 277 Å². The highest BCUT2D eigenvalue weighted by molar-refractivity contribution is 6.74. The maximum atomic E-state index is 6.76. The largest absolute Gasteiger partial charge is 0.417 e. The van der Waals surface area contributed by atoms with E-state index < -0.39 is 8.32 Å².